The normalized spacial score (nSPS) is 11.8. The second-order valence-corrected chi connectivity index (χ2v) is 8.47. The summed E-state index contributed by atoms with van der Waals surface area (Å²) >= 11 is 0. The SMILES string of the molecule is CCCCCCCCCCCCCCCCOC(=O)[C@H](C)NC(=O)c1cccc(F)c1. The number of hydrogen-bond acceptors (Lipinski definition) is 3. The molecule has 0 unspecified atom stereocenters. The van der Waals surface area contributed by atoms with Gasteiger partial charge in [0.25, 0.3) is 5.91 Å². The first-order chi connectivity index (χ1) is 15.0. The molecule has 0 saturated heterocycles. The predicted molar refractivity (Wildman–Crippen MR) is 125 cm³/mol. The lowest BCUT2D eigenvalue weighted by molar-refractivity contribution is -0.145. The van der Waals surface area contributed by atoms with E-state index in [4.69, 9.17) is 4.74 Å². The predicted octanol–water partition coefficient (Wildman–Crippen LogP) is 6.97. The highest BCUT2D eigenvalue weighted by atomic mass is 19.1. The minimum absolute atomic E-state index is 0.187. The number of amides is 1. The fraction of sp³-hybridized carbons (Fsp3) is 0.692. The first-order valence-electron chi connectivity index (χ1n) is 12.3. The fourth-order valence-corrected chi connectivity index (χ4v) is 3.56. The molecule has 0 saturated carbocycles. The lowest BCUT2D eigenvalue weighted by Gasteiger charge is -2.13. The Labute approximate surface area is 188 Å². The molecular formula is C26H42FNO3. The summed E-state index contributed by atoms with van der Waals surface area (Å²) in [6.45, 7) is 4.20. The molecule has 1 atom stereocenters. The number of esters is 1. The number of halogens is 1. The van der Waals surface area contributed by atoms with Gasteiger partial charge in [-0.2, -0.15) is 0 Å². The zero-order valence-electron chi connectivity index (χ0n) is 19.6. The molecule has 1 aromatic carbocycles. The highest BCUT2D eigenvalue weighted by Gasteiger charge is 2.18. The van der Waals surface area contributed by atoms with E-state index in [0.29, 0.717) is 6.61 Å². The average Bonchev–Trinajstić information content (AvgIpc) is 2.76. The molecule has 0 fully saturated rings. The zero-order valence-corrected chi connectivity index (χ0v) is 19.6. The van der Waals surface area contributed by atoms with Crippen molar-refractivity contribution in [1.82, 2.24) is 5.32 Å². The minimum atomic E-state index is -0.762. The van der Waals surface area contributed by atoms with Crippen molar-refractivity contribution in [2.45, 2.75) is 110 Å². The molecule has 1 N–H and O–H groups in total. The second-order valence-electron chi connectivity index (χ2n) is 8.47. The Morgan fingerprint density at radius 2 is 1.39 bits per heavy atom. The molecule has 0 bridgehead atoms. The van der Waals surface area contributed by atoms with Gasteiger partial charge in [0.15, 0.2) is 0 Å². The van der Waals surface area contributed by atoms with E-state index >= 15 is 0 Å². The van der Waals surface area contributed by atoms with Gasteiger partial charge in [-0.05, 0) is 31.5 Å². The van der Waals surface area contributed by atoms with Crippen LogP contribution in [-0.4, -0.2) is 24.5 Å². The largest absolute Gasteiger partial charge is 0.464 e. The van der Waals surface area contributed by atoms with Crippen LogP contribution in [0.5, 0.6) is 0 Å². The lowest BCUT2D eigenvalue weighted by Crippen LogP contribution is -2.39. The van der Waals surface area contributed by atoms with Gasteiger partial charge < -0.3 is 10.1 Å². The molecule has 0 spiro atoms. The molecule has 0 radical (unpaired) electrons. The molecule has 5 heteroatoms. The van der Waals surface area contributed by atoms with E-state index in [-0.39, 0.29) is 5.56 Å². The second kappa shape index (κ2) is 17.7. The molecular weight excluding hydrogens is 393 g/mol. The van der Waals surface area contributed by atoms with Crippen LogP contribution in [0.3, 0.4) is 0 Å². The minimum Gasteiger partial charge on any atom is -0.464 e. The summed E-state index contributed by atoms with van der Waals surface area (Å²) in [5.41, 5.74) is 0.187. The maximum Gasteiger partial charge on any atom is 0.328 e. The molecule has 31 heavy (non-hydrogen) atoms. The van der Waals surface area contributed by atoms with Gasteiger partial charge in [-0.1, -0.05) is 96.5 Å². The van der Waals surface area contributed by atoms with Gasteiger partial charge in [-0.3, -0.25) is 4.79 Å². The summed E-state index contributed by atoms with van der Waals surface area (Å²) in [5, 5.41) is 2.55. The van der Waals surface area contributed by atoms with Gasteiger partial charge >= 0.3 is 5.97 Å². The number of ether oxygens (including phenoxy) is 1. The molecule has 176 valence electrons. The maximum absolute atomic E-state index is 13.2. The Morgan fingerprint density at radius 1 is 0.871 bits per heavy atom. The molecule has 1 amide bonds. The van der Waals surface area contributed by atoms with Crippen LogP contribution < -0.4 is 5.32 Å². The third-order valence-electron chi connectivity index (χ3n) is 5.53. The highest BCUT2D eigenvalue weighted by Crippen LogP contribution is 2.13. The summed E-state index contributed by atoms with van der Waals surface area (Å²) in [6.07, 6.45) is 17.9. The highest BCUT2D eigenvalue weighted by molar-refractivity contribution is 5.96. The van der Waals surface area contributed by atoms with E-state index in [0.717, 1.165) is 18.9 Å². The van der Waals surface area contributed by atoms with Crippen LogP contribution in [0.15, 0.2) is 24.3 Å². The molecule has 0 aliphatic carbocycles. The van der Waals surface area contributed by atoms with E-state index in [1.54, 1.807) is 6.92 Å². The molecule has 0 aliphatic rings. The first kappa shape index (κ1) is 27.1. The van der Waals surface area contributed by atoms with E-state index in [2.05, 4.69) is 12.2 Å². The van der Waals surface area contributed by atoms with Gasteiger partial charge in [-0.15, -0.1) is 0 Å². The molecule has 1 rings (SSSR count). The van der Waals surface area contributed by atoms with Crippen molar-refractivity contribution in [2.75, 3.05) is 6.61 Å². The monoisotopic (exact) mass is 435 g/mol. The van der Waals surface area contributed by atoms with Crippen LogP contribution in [0.4, 0.5) is 4.39 Å². The zero-order chi connectivity index (χ0) is 22.7. The van der Waals surface area contributed by atoms with E-state index in [9.17, 15) is 14.0 Å². The van der Waals surface area contributed by atoms with Crippen molar-refractivity contribution in [1.29, 1.82) is 0 Å². The standard InChI is InChI=1S/C26H42FNO3/c1-3-4-5-6-7-8-9-10-11-12-13-14-15-16-20-31-26(30)22(2)28-25(29)23-18-17-19-24(27)21-23/h17-19,21-22H,3-16,20H2,1-2H3,(H,28,29)/t22-/m0/s1. The Bertz CT molecular complexity index is 620. The van der Waals surface area contributed by atoms with Gasteiger partial charge in [0.2, 0.25) is 0 Å². The van der Waals surface area contributed by atoms with Gasteiger partial charge in [0, 0.05) is 5.56 Å². The van der Waals surface area contributed by atoms with Crippen molar-refractivity contribution >= 4 is 11.9 Å². The van der Waals surface area contributed by atoms with Crippen molar-refractivity contribution in [3.8, 4) is 0 Å². The van der Waals surface area contributed by atoms with Crippen LogP contribution in [0.25, 0.3) is 0 Å². The van der Waals surface area contributed by atoms with Crippen LogP contribution in [0.1, 0.15) is 114 Å². The summed E-state index contributed by atoms with van der Waals surface area (Å²) < 4.78 is 18.4. The van der Waals surface area contributed by atoms with Crippen LogP contribution in [0, 0.1) is 5.82 Å². The van der Waals surface area contributed by atoms with Crippen LogP contribution >= 0.6 is 0 Å². The van der Waals surface area contributed by atoms with E-state index in [1.807, 2.05) is 0 Å². The number of rotatable bonds is 18. The van der Waals surface area contributed by atoms with Crippen molar-refractivity contribution in [3.63, 3.8) is 0 Å². The topological polar surface area (TPSA) is 55.4 Å². The Kier molecular flexibility index (Phi) is 15.5. The Balaban J connectivity index is 1.94. The third kappa shape index (κ3) is 13.9. The summed E-state index contributed by atoms with van der Waals surface area (Å²) in [4.78, 5) is 24.0. The lowest BCUT2D eigenvalue weighted by atomic mass is 10.0. The number of hydrogen-bond donors (Lipinski definition) is 1. The number of benzene rings is 1. The molecule has 4 nitrogen and oxygen atoms in total. The fourth-order valence-electron chi connectivity index (χ4n) is 3.56. The summed E-state index contributed by atoms with van der Waals surface area (Å²) in [5.74, 6) is -1.43. The van der Waals surface area contributed by atoms with Crippen molar-refractivity contribution in [2.24, 2.45) is 0 Å². The maximum atomic E-state index is 13.2. The quantitative estimate of drug-likeness (QED) is 0.200. The first-order valence-corrected chi connectivity index (χ1v) is 12.3. The number of carbonyl (C=O) groups is 2. The average molecular weight is 436 g/mol. The van der Waals surface area contributed by atoms with Crippen molar-refractivity contribution in [3.05, 3.63) is 35.6 Å². The molecule has 0 aromatic heterocycles. The Morgan fingerprint density at radius 3 is 1.90 bits per heavy atom. The van der Waals surface area contributed by atoms with Gasteiger partial charge in [0.1, 0.15) is 11.9 Å². The van der Waals surface area contributed by atoms with Gasteiger partial charge in [-0.25, -0.2) is 9.18 Å². The molecule has 0 heterocycles. The molecule has 0 aliphatic heterocycles. The van der Waals surface area contributed by atoms with E-state index in [1.165, 1.54) is 95.2 Å². The van der Waals surface area contributed by atoms with Crippen LogP contribution in [-0.2, 0) is 9.53 Å². The van der Waals surface area contributed by atoms with Crippen molar-refractivity contribution < 1.29 is 18.7 Å². The van der Waals surface area contributed by atoms with E-state index < -0.39 is 23.7 Å². The summed E-state index contributed by atoms with van der Waals surface area (Å²) in [6, 6.07) is 4.61. The van der Waals surface area contributed by atoms with Gasteiger partial charge in [0.05, 0.1) is 6.61 Å². The molecule has 1 aromatic rings. The number of unbranched alkanes of at least 4 members (excludes halogenated alkanes) is 13. The summed E-state index contributed by atoms with van der Waals surface area (Å²) in [7, 11) is 0. The number of carbonyl (C=O) groups excluding carboxylic acids is 2. The Hall–Kier alpha value is -1.91. The number of nitrogens with one attached hydrogen (secondary N) is 1. The smallest absolute Gasteiger partial charge is 0.328 e. The van der Waals surface area contributed by atoms with Crippen LogP contribution in [0.2, 0.25) is 0 Å². The third-order valence-corrected chi connectivity index (χ3v) is 5.53.